The third kappa shape index (κ3) is 3.05. The van der Waals surface area contributed by atoms with E-state index in [1.807, 2.05) is 24.3 Å². The summed E-state index contributed by atoms with van der Waals surface area (Å²) in [4.78, 5) is 0. The average molecular weight is 181 g/mol. The maximum atomic E-state index is 5.47. The first kappa shape index (κ1) is 10.0. The highest BCUT2D eigenvalue weighted by atomic mass is 16.5. The molecule has 0 amide bonds. The molecular weight excluding hydrogens is 166 g/mol. The topological polar surface area (TPSA) is 44.5 Å². The van der Waals surface area contributed by atoms with Crippen molar-refractivity contribution in [1.29, 1.82) is 0 Å². The van der Waals surface area contributed by atoms with Crippen LogP contribution >= 0.6 is 0 Å². The summed E-state index contributed by atoms with van der Waals surface area (Å²) < 4.78 is 10.4. The smallest absolute Gasteiger partial charge is 0.124 e. The molecule has 0 aliphatic heterocycles. The second-order valence-electron chi connectivity index (χ2n) is 2.83. The van der Waals surface area contributed by atoms with Gasteiger partial charge in [0.2, 0.25) is 0 Å². The molecule has 0 aliphatic carbocycles. The Bertz CT molecular complexity index is 261. The lowest BCUT2D eigenvalue weighted by atomic mass is 10.2. The maximum absolute atomic E-state index is 5.47. The van der Waals surface area contributed by atoms with E-state index in [4.69, 9.17) is 15.2 Å². The van der Waals surface area contributed by atoms with Crippen molar-refractivity contribution in [2.45, 2.75) is 19.8 Å². The fourth-order valence-corrected chi connectivity index (χ4v) is 1.04. The van der Waals surface area contributed by atoms with E-state index in [0.717, 1.165) is 11.3 Å². The molecule has 0 saturated heterocycles. The van der Waals surface area contributed by atoms with Crippen LogP contribution in [0.25, 0.3) is 0 Å². The van der Waals surface area contributed by atoms with Crippen molar-refractivity contribution in [2.75, 3.05) is 7.11 Å². The van der Waals surface area contributed by atoms with Crippen LogP contribution in [0.2, 0.25) is 0 Å². The lowest BCUT2D eigenvalue weighted by Gasteiger charge is -2.10. The van der Waals surface area contributed by atoms with Gasteiger partial charge < -0.3 is 15.2 Å². The van der Waals surface area contributed by atoms with Crippen LogP contribution in [-0.4, -0.2) is 13.3 Å². The zero-order valence-electron chi connectivity index (χ0n) is 7.99. The summed E-state index contributed by atoms with van der Waals surface area (Å²) in [7, 11) is 1.64. The molecule has 1 unspecified atom stereocenters. The van der Waals surface area contributed by atoms with Crippen molar-refractivity contribution in [3.8, 4) is 5.75 Å². The Labute approximate surface area is 78.5 Å². The molecular formula is C10H15NO2. The first-order chi connectivity index (χ1) is 6.24. The van der Waals surface area contributed by atoms with E-state index in [2.05, 4.69) is 0 Å². The van der Waals surface area contributed by atoms with Crippen molar-refractivity contribution in [2.24, 2.45) is 5.73 Å². The van der Waals surface area contributed by atoms with E-state index in [0.29, 0.717) is 6.61 Å². The Kier molecular flexibility index (Phi) is 3.73. The minimum Gasteiger partial charge on any atom is -0.496 e. The van der Waals surface area contributed by atoms with Crippen molar-refractivity contribution in [1.82, 2.24) is 0 Å². The molecule has 0 bridgehead atoms. The molecule has 1 aromatic rings. The highest BCUT2D eigenvalue weighted by molar-refractivity contribution is 5.32. The van der Waals surface area contributed by atoms with Crippen molar-refractivity contribution in [3.63, 3.8) is 0 Å². The second-order valence-corrected chi connectivity index (χ2v) is 2.83. The molecule has 0 aliphatic rings. The zero-order chi connectivity index (χ0) is 9.68. The highest BCUT2D eigenvalue weighted by Crippen LogP contribution is 2.17. The number of hydrogen-bond donors (Lipinski definition) is 1. The zero-order valence-corrected chi connectivity index (χ0v) is 7.99. The van der Waals surface area contributed by atoms with Crippen LogP contribution in [0.3, 0.4) is 0 Å². The predicted octanol–water partition coefficient (Wildman–Crippen LogP) is 1.52. The Hall–Kier alpha value is -1.06. The number of benzene rings is 1. The summed E-state index contributed by atoms with van der Waals surface area (Å²) in [6, 6.07) is 7.73. The van der Waals surface area contributed by atoms with E-state index in [9.17, 15) is 0 Å². The number of ether oxygens (including phenoxy) is 2. The fourth-order valence-electron chi connectivity index (χ4n) is 1.04. The van der Waals surface area contributed by atoms with Crippen molar-refractivity contribution < 1.29 is 9.47 Å². The van der Waals surface area contributed by atoms with Gasteiger partial charge in [-0.3, -0.25) is 0 Å². The van der Waals surface area contributed by atoms with Crippen LogP contribution < -0.4 is 10.5 Å². The molecule has 3 nitrogen and oxygen atoms in total. The SMILES string of the molecule is COc1ccccc1COC(C)N. The van der Waals surface area contributed by atoms with Gasteiger partial charge in [-0.15, -0.1) is 0 Å². The summed E-state index contributed by atoms with van der Waals surface area (Å²) in [5.74, 6) is 0.836. The minimum absolute atomic E-state index is 0.245. The molecule has 1 aromatic carbocycles. The predicted molar refractivity (Wildman–Crippen MR) is 51.4 cm³/mol. The van der Waals surface area contributed by atoms with Crippen molar-refractivity contribution in [3.05, 3.63) is 29.8 Å². The highest BCUT2D eigenvalue weighted by Gasteiger charge is 2.02. The Morgan fingerprint density at radius 2 is 2.08 bits per heavy atom. The molecule has 0 saturated carbocycles. The molecule has 0 fully saturated rings. The Morgan fingerprint density at radius 3 is 2.69 bits per heavy atom. The van der Waals surface area contributed by atoms with Gasteiger partial charge in [0.15, 0.2) is 0 Å². The summed E-state index contributed by atoms with van der Waals surface area (Å²) in [6.07, 6.45) is -0.245. The molecule has 3 heteroatoms. The molecule has 1 atom stereocenters. The summed E-state index contributed by atoms with van der Waals surface area (Å²) >= 11 is 0. The largest absolute Gasteiger partial charge is 0.496 e. The monoisotopic (exact) mass is 181 g/mol. The molecule has 0 heterocycles. The number of hydrogen-bond acceptors (Lipinski definition) is 3. The summed E-state index contributed by atoms with van der Waals surface area (Å²) in [5, 5.41) is 0. The molecule has 2 N–H and O–H groups in total. The van der Waals surface area contributed by atoms with E-state index >= 15 is 0 Å². The number of methoxy groups -OCH3 is 1. The Morgan fingerprint density at radius 1 is 1.38 bits per heavy atom. The van der Waals surface area contributed by atoms with Gasteiger partial charge in [0.25, 0.3) is 0 Å². The number of nitrogens with two attached hydrogens (primary N) is 1. The minimum atomic E-state index is -0.245. The van der Waals surface area contributed by atoms with Crippen LogP contribution in [0.4, 0.5) is 0 Å². The van der Waals surface area contributed by atoms with Gasteiger partial charge in [-0.2, -0.15) is 0 Å². The normalized spacial score (nSPS) is 12.5. The van der Waals surface area contributed by atoms with Gasteiger partial charge in [-0.1, -0.05) is 18.2 Å². The first-order valence-corrected chi connectivity index (χ1v) is 4.23. The van der Waals surface area contributed by atoms with Crippen LogP contribution in [-0.2, 0) is 11.3 Å². The molecule has 13 heavy (non-hydrogen) atoms. The van der Waals surface area contributed by atoms with Gasteiger partial charge in [0, 0.05) is 5.56 Å². The summed E-state index contributed by atoms with van der Waals surface area (Å²) in [5.41, 5.74) is 6.48. The van der Waals surface area contributed by atoms with Crippen molar-refractivity contribution >= 4 is 0 Å². The lowest BCUT2D eigenvalue weighted by Crippen LogP contribution is -2.18. The van der Waals surface area contributed by atoms with Gasteiger partial charge in [-0.25, -0.2) is 0 Å². The van der Waals surface area contributed by atoms with E-state index < -0.39 is 0 Å². The molecule has 0 aromatic heterocycles. The number of rotatable bonds is 4. The van der Waals surface area contributed by atoms with E-state index in [-0.39, 0.29) is 6.23 Å². The van der Waals surface area contributed by atoms with Gasteiger partial charge in [0.1, 0.15) is 12.0 Å². The van der Waals surface area contributed by atoms with Crippen LogP contribution in [0, 0.1) is 0 Å². The van der Waals surface area contributed by atoms with Crippen LogP contribution in [0.1, 0.15) is 12.5 Å². The quantitative estimate of drug-likeness (QED) is 0.716. The molecule has 72 valence electrons. The standard InChI is InChI=1S/C10H15NO2/c1-8(11)13-7-9-5-3-4-6-10(9)12-2/h3-6,8H,7,11H2,1-2H3. The van der Waals surface area contributed by atoms with Gasteiger partial charge in [-0.05, 0) is 13.0 Å². The van der Waals surface area contributed by atoms with Gasteiger partial charge >= 0.3 is 0 Å². The molecule has 0 radical (unpaired) electrons. The Balaban J connectivity index is 2.64. The third-order valence-electron chi connectivity index (χ3n) is 1.69. The molecule has 0 spiro atoms. The van der Waals surface area contributed by atoms with E-state index in [1.165, 1.54) is 0 Å². The van der Waals surface area contributed by atoms with E-state index in [1.54, 1.807) is 14.0 Å². The maximum Gasteiger partial charge on any atom is 0.124 e. The van der Waals surface area contributed by atoms with Gasteiger partial charge in [0.05, 0.1) is 13.7 Å². The molecule has 1 rings (SSSR count). The average Bonchev–Trinajstić information content (AvgIpc) is 2.15. The lowest BCUT2D eigenvalue weighted by molar-refractivity contribution is 0.0565. The fraction of sp³-hybridized carbons (Fsp3) is 0.400. The third-order valence-corrected chi connectivity index (χ3v) is 1.69. The summed E-state index contributed by atoms with van der Waals surface area (Å²) in [6.45, 7) is 2.29. The number of para-hydroxylation sites is 1. The van der Waals surface area contributed by atoms with Crippen LogP contribution in [0.5, 0.6) is 5.75 Å². The second kappa shape index (κ2) is 4.84. The van der Waals surface area contributed by atoms with Crippen LogP contribution in [0.15, 0.2) is 24.3 Å². The first-order valence-electron chi connectivity index (χ1n) is 4.23.